The van der Waals surface area contributed by atoms with Crippen molar-refractivity contribution in [3.63, 3.8) is 0 Å². The summed E-state index contributed by atoms with van der Waals surface area (Å²) in [7, 11) is 0. The summed E-state index contributed by atoms with van der Waals surface area (Å²) in [6.45, 7) is 4.66. The first kappa shape index (κ1) is 16.2. The lowest BCUT2D eigenvalue weighted by molar-refractivity contribution is 0.0162. The van der Waals surface area contributed by atoms with Crippen LogP contribution in [0.1, 0.15) is 55.0 Å². The fourth-order valence-electron chi connectivity index (χ4n) is 4.06. The lowest BCUT2D eigenvalue weighted by atomic mass is 9.86. The predicted molar refractivity (Wildman–Crippen MR) is 95.3 cm³/mol. The molecule has 0 bridgehead atoms. The lowest BCUT2D eigenvalue weighted by Gasteiger charge is -2.46. The van der Waals surface area contributed by atoms with E-state index in [0.717, 1.165) is 0 Å². The van der Waals surface area contributed by atoms with Gasteiger partial charge in [0.05, 0.1) is 12.6 Å². The van der Waals surface area contributed by atoms with Gasteiger partial charge in [-0.2, -0.15) is 0 Å². The van der Waals surface area contributed by atoms with Gasteiger partial charge in [-0.1, -0.05) is 61.0 Å². The molecule has 0 amide bonds. The fraction of sp³-hybridized carbons (Fsp3) is 0.429. The zero-order valence-electron chi connectivity index (χ0n) is 14.2. The number of rotatable bonds is 4. The minimum Gasteiger partial charge on any atom is -0.394 e. The molecule has 0 saturated carbocycles. The summed E-state index contributed by atoms with van der Waals surface area (Å²) in [6.07, 6.45) is 3.62. The molecule has 1 saturated heterocycles. The first-order valence-corrected chi connectivity index (χ1v) is 8.71. The van der Waals surface area contributed by atoms with Crippen molar-refractivity contribution in [2.45, 2.75) is 51.2 Å². The summed E-state index contributed by atoms with van der Waals surface area (Å²) in [5.41, 5.74) is 3.97. The minimum absolute atomic E-state index is 0.0658. The lowest BCUT2D eigenvalue weighted by Crippen LogP contribution is -2.44. The quantitative estimate of drug-likeness (QED) is 0.889. The maximum atomic E-state index is 10.1. The topological polar surface area (TPSA) is 23.5 Å². The zero-order chi connectivity index (χ0) is 16.2. The van der Waals surface area contributed by atoms with Crippen LogP contribution in [0.5, 0.6) is 0 Å². The van der Waals surface area contributed by atoms with Crippen LogP contribution in [0, 0.1) is 6.92 Å². The molecule has 2 nitrogen and oxygen atoms in total. The summed E-state index contributed by atoms with van der Waals surface area (Å²) in [6, 6.07) is 20.1. The monoisotopic (exact) mass is 309 g/mol. The number of aliphatic hydroxyl groups is 1. The normalized spacial score (nSPS) is 23.6. The Morgan fingerprint density at radius 1 is 1.04 bits per heavy atom. The largest absolute Gasteiger partial charge is 0.394 e. The Labute approximate surface area is 139 Å². The van der Waals surface area contributed by atoms with Crippen LogP contribution in [0.15, 0.2) is 54.6 Å². The highest BCUT2D eigenvalue weighted by atomic mass is 16.3. The van der Waals surface area contributed by atoms with Crippen molar-refractivity contribution in [1.82, 2.24) is 4.90 Å². The van der Waals surface area contributed by atoms with E-state index in [9.17, 15) is 5.11 Å². The number of nitrogens with zero attached hydrogens (tertiary/aromatic N) is 1. The summed E-state index contributed by atoms with van der Waals surface area (Å²) >= 11 is 0. The SMILES string of the molecule is Cc1ccccc1[C@H]1CCC[C@@H](C)N1[C@H](CO)c1ccccc1. The molecule has 0 unspecified atom stereocenters. The van der Waals surface area contributed by atoms with Gasteiger partial charge in [-0.25, -0.2) is 0 Å². The van der Waals surface area contributed by atoms with Crippen molar-refractivity contribution in [3.05, 3.63) is 71.3 Å². The van der Waals surface area contributed by atoms with Crippen LogP contribution in [0.3, 0.4) is 0 Å². The number of likely N-dealkylation sites (tertiary alicyclic amines) is 1. The third-order valence-electron chi connectivity index (χ3n) is 5.23. The second-order valence-corrected chi connectivity index (χ2v) is 6.71. The zero-order valence-corrected chi connectivity index (χ0v) is 14.2. The van der Waals surface area contributed by atoms with Gasteiger partial charge >= 0.3 is 0 Å². The van der Waals surface area contributed by atoms with Crippen LogP contribution >= 0.6 is 0 Å². The molecular weight excluding hydrogens is 282 g/mol. The van der Waals surface area contributed by atoms with Gasteiger partial charge in [0.25, 0.3) is 0 Å². The molecule has 2 aromatic carbocycles. The summed E-state index contributed by atoms with van der Waals surface area (Å²) < 4.78 is 0. The van der Waals surface area contributed by atoms with E-state index in [-0.39, 0.29) is 12.6 Å². The molecule has 0 aliphatic carbocycles. The van der Waals surface area contributed by atoms with E-state index in [0.29, 0.717) is 12.1 Å². The smallest absolute Gasteiger partial charge is 0.0628 e. The molecule has 1 aliphatic heterocycles. The molecule has 3 atom stereocenters. The molecule has 122 valence electrons. The Kier molecular flexibility index (Phi) is 5.14. The van der Waals surface area contributed by atoms with Crippen LogP contribution in [-0.2, 0) is 0 Å². The van der Waals surface area contributed by atoms with Gasteiger partial charge in [-0.3, -0.25) is 4.90 Å². The van der Waals surface area contributed by atoms with E-state index in [2.05, 4.69) is 67.3 Å². The second kappa shape index (κ2) is 7.29. The molecule has 0 radical (unpaired) electrons. The van der Waals surface area contributed by atoms with Crippen molar-refractivity contribution >= 4 is 0 Å². The molecule has 2 aromatic rings. The Morgan fingerprint density at radius 2 is 1.74 bits per heavy atom. The van der Waals surface area contributed by atoms with Crippen molar-refractivity contribution in [2.24, 2.45) is 0 Å². The summed E-state index contributed by atoms with van der Waals surface area (Å²) in [4.78, 5) is 2.54. The molecule has 1 fully saturated rings. The van der Waals surface area contributed by atoms with Crippen LogP contribution in [0.25, 0.3) is 0 Å². The molecule has 0 spiro atoms. The number of aryl methyl sites for hydroxylation is 1. The predicted octanol–water partition coefficient (Wildman–Crippen LogP) is 4.64. The van der Waals surface area contributed by atoms with Crippen molar-refractivity contribution in [1.29, 1.82) is 0 Å². The highest BCUT2D eigenvalue weighted by Gasteiger charge is 2.35. The number of aliphatic hydroxyl groups excluding tert-OH is 1. The Balaban J connectivity index is 1.99. The molecular formula is C21H27NO. The second-order valence-electron chi connectivity index (χ2n) is 6.71. The van der Waals surface area contributed by atoms with E-state index >= 15 is 0 Å². The number of benzene rings is 2. The van der Waals surface area contributed by atoms with E-state index in [1.807, 2.05) is 6.07 Å². The van der Waals surface area contributed by atoms with Crippen molar-refractivity contribution < 1.29 is 5.11 Å². The van der Waals surface area contributed by atoms with Crippen LogP contribution < -0.4 is 0 Å². The van der Waals surface area contributed by atoms with Crippen molar-refractivity contribution in [3.8, 4) is 0 Å². The Hall–Kier alpha value is -1.64. The molecule has 1 aliphatic rings. The van der Waals surface area contributed by atoms with Crippen LogP contribution in [-0.4, -0.2) is 22.7 Å². The molecule has 2 heteroatoms. The van der Waals surface area contributed by atoms with Gasteiger partial charge in [-0.15, -0.1) is 0 Å². The van der Waals surface area contributed by atoms with Gasteiger partial charge in [0, 0.05) is 12.1 Å². The van der Waals surface area contributed by atoms with Crippen molar-refractivity contribution in [2.75, 3.05) is 6.61 Å². The van der Waals surface area contributed by atoms with Gasteiger partial charge in [-0.05, 0) is 43.4 Å². The maximum Gasteiger partial charge on any atom is 0.0628 e. The third kappa shape index (κ3) is 3.34. The summed E-state index contributed by atoms with van der Waals surface area (Å²) in [5, 5.41) is 10.1. The van der Waals surface area contributed by atoms with E-state index in [4.69, 9.17) is 0 Å². The van der Waals surface area contributed by atoms with E-state index < -0.39 is 0 Å². The average Bonchev–Trinajstić information content (AvgIpc) is 2.58. The number of hydrogen-bond donors (Lipinski definition) is 1. The standard InChI is InChI=1S/C21H27NO/c1-16-9-6-7-13-19(16)20-14-8-10-17(2)22(20)21(15-23)18-11-4-3-5-12-18/h3-7,9,11-13,17,20-21,23H,8,10,14-15H2,1-2H3/t17-,20-,21-/m1/s1. The van der Waals surface area contributed by atoms with Crippen LogP contribution in [0.2, 0.25) is 0 Å². The van der Waals surface area contributed by atoms with Gasteiger partial charge in [0.2, 0.25) is 0 Å². The summed E-state index contributed by atoms with van der Waals surface area (Å²) in [5.74, 6) is 0. The van der Waals surface area contributed by atoms with Gasteiger partial charge < -0.3 is 5.11 Å². The molecule has 3 rings (SSSR count). The molecule has 23 heavy (non-hydrogen) atoms. The Bertz CT molecular complexity index is 625. The number of hydrogen-bond acceptors (Lipinski definition) is 2. The number of piperidine rings is 1. The first-order chi connectivity index (χ1) is 11.2. The Morgan fingerprint density at radius 3 is 2.43 bits per heavy atom. The van der Waals surface area contributed by atoms with Gasteiger partial charge in [0.1, 0.15) is 0 Å². The van der Waals surface area contributed by atoms with Crippen LogP contribution in [0.4, 0.5) is 0 Å². The maximum absolute atomic E-state index is 10.1. The molecule has 1 N–H and O–H groups in total. The molecule has 1 heterocycles. The minimum atomic E-state index is 0.0658. The highest BCUT2D eigenvalue weighted by Crippen LogP contribution is 2.41. The van der Waals surface area contributed by atoms with E-state index in [1.54, 1.807) is 0 Å². The first-order valence-electron chi connectivity index (χ1n) is 8.71. The third-order valence-corrected chi connectivity index (χ3v) is 5.23. The fourth-order valence-corrected chi connectivity index (χ4v) is 4.06. The highest BCUT2D eigenvalue weighted by molar-refractivity contribution is 5.30. The molecule has 0 aromatic heterocycles. The van der Waals surface area contributed by atoms with Gasteiger partial charge in [0.15, 0.2) is 0 Å². The van der Waals surface area contributed by atoms with E-state index in [1.165, 1.54) is 36.0 Å². The average molecular weight is 309 g/mol.